The number of carboxylic acid groups (broad SMARTS) is 1. The normalized spacial score (nSPS) is 15.9. The number of hydrogen-bond acceptors (Lipinski definition) is 15. The van der Waals surface area contributed by atoms with Gasteiger partial charge in [0, 0.05) is 12.8 Å². The Morgan fingerprint density at radius 1 is 0.683 bits per heavy atom. The van der Waals surface area contributed by atoms with E-state index in [0.717, 1.165) is 40.2 Å². The van der Waals surface area contributed by atoms with Gasteiger partial charge in [-0.25, -0.2) is 9.59 Å². The molecular weight excluding hydrogens is 857 g/mol. The SMILES string of the molecule is COC(=O)C(Cc1ccc(Oc2ccc(CC3SC(=O)NC3=O)cc2)cc1)NC(=O)CN.NCC(=O)NC(Cc1ccc(Oc2ccc(C=C3SC(=O)NC3=O)cc2)cc1)C(=O)O. The van der Waals surface area contributed by atoms with Crippen molar-refractivity contribution in [2.45, 2.75) is 36.6 Å². The van der Waals surface area contributed by atoms with Crippen LogP contribution in [0.1, 0.15) is 22.3 Å². The Morgan fingerprint density at radius 2 is 1.14 bits per heavy atom. The number of rotatable bonds is 17. The Hall–Kier alpha value is -7.00. The molecule has 3 unspecified atom stereocenters. The number of benzene rings is 4. The van der Waals surface area contributed by atoms with Gasteiger partial charge < -0.3 is 41.4 Å². The van der Waals surface area contributed by atoms with E-state index < -0.39 is 52.2 Å². The van der Waals surface area contributed by atoms with Gasteiger partial charge in [0.05, 0.1) is 30.4 Å². The number of carboxylic acids is 1. The lowest BCUT2D eigenvalue weighted by molar-refractivity contribution is -0.145. The van der Waals surface area contributed by atoms with Gasteiger partial charge in [-0.3, -0.25) is 39.4 Å². The zero-order valence-electron chi connectivity index (χ0n) is 33.5. The van der Waals surface area contributed by atoms with E-state index in [9.17, 15) is 43.5 Å². The molecule has 4 aromatic carbocycles. The van der Waals surface area contributed by atoms with Gasteiger partial charge in [0.1, 0.15) is 35.1 Å². The molecule has 4 aromatic rings. The number of ether oxygens (including phenoxy) is 3. The second kappa shape index (κ2) is 22.7. The zero-order valence-corrected chi connectivity index (χ0v) is 35.1. The molecule has 0 bridgehead atoms. The van der Waals surface area contributed by atoms with Gasteiger partial charge in [-0.15, -0.1) is 0 Å². The minimum atomic E-state index is -1.14. The molecule has 0 saturated carbocycles. The van der Waals surface area contributed by atoms with E-state index in [1.807, 2.05) is 12.1 Å². The van der Waals surface area contributed by atoms with Gasteiger partial charge in [0.2, 0.25) is 17.7 Å². The first kappa shape index (κ1) is 47.1. The second-order valence-corrected chi connectivity index (χ2v) is 15.8. The number of amides is 6. The van der Waals surface area contributed by atoms with E-state index >= 15 is 0 Å². The zero-order chi connectivity index (χ0) is 45.5. The first-order valence-electron chi connectivity index (χ1n) is 19.0. The fourth-order valence-corrected chi connectivity index (χ4v) is 7.35. The molecule has 3 atom stereocenters. The van der Waals surface area contributed by atoms with E-state index in [1.165, 1.54) is 7.11 Å². The van der Waals surface area contributed by atoms with Gasteiger partial charge in [-0.1, -0.05) is 60.3 Å². The van der Waals surface area contributed by atoms with Crippen LogP contribution < -0.4 is 42.2 Å². The molecule has 20 heteroatoms. The predicted octanol–water partition coefficient (Wildman–Crippen LogP) is 3.41. The fraction of sp³-hybridized carbons (Fsp3) is 0.209. The number of esters is 1. The maximum Gasteiger partial charge on any atom is 0.328 e. The molecule has 2 aliphatic rings. The van der Waals surface area contributed by atoms with Crippen LogP contribution in [0.5, 0.6) is 23.0 Å². The average molecular weight is 899 g/mol. The van der Waals surface area contributed by atoms with Crippen LogP contribution in [-0.2, 0) is 52.8 Å². The number of nitrogens with two attached hydrogens (primary N) is 2. The number of methoxy groups -OCH3 is 1. The Labute approximate surface area is 368 Å². The summed E-state index contributed by atoms with van der Waals surface area (Å²) in [5, 5.41) is 17.5. The summed E-state index contributed by atoms with van der Waals surface area (Å²) in [6, 6.07) is 26.3. The minimum Gasteiger partial charge on any atom is -0.480 e. The van der Waals surface area contributed by atoms with Crippen molar-refractivity contribution >= 4 is 75.6 Å². The molecule has 328 valence electrons. The number of aliphatic carboxylic acids is 1. The molecule has 18 nitrogen and oxygen atoms in total. The summed E-state index contributed by atoms with van der Waals surface area (Å²) in [6.07, 6.45) is 2.44. The van der Waals surface area contributed by atoms with Gasteiger partial charge in [-0.05, 0) is 95.0 Å². The molecule has 0 spiro atoms. The quantitative estimate of drug-likeness (QED) is 0.0591. The van der Waals surface area contributed by atoms with E-state index in [0.29, 0.717) is 39.9 Å². The first-order chi connectivity index (χ1) is 30.2. The second-order valence-electron chi connectivity index (χ2n) is 13.6. The third kappa shape index (κ3) is 14.6. The highest BCUT2D eigenvalue weighted by molar-refractivity contribution is 8.18. The van der Waals surface area contributed by atoms with E-state index in [-0.39, 0.29) is 37.1 Å². The van der Waals surface area contributed by atoms with Gasteiger partial charge in [0.25, 0.3) is 16.4 Å². The Balaban J connectivity index is 0.000000238. The summed E-state index contributed by atoms with van der Waals surface area (Å²) in [6.45, 7) is -0.500. The minimum absolute atomic E-state index is 0.110. The van der Waals surface area contributed by atoms with Gasteiger partial charge in [-0.2, -0.15) is 0 Å². The van der Waals surface area contributed by atoms with Crippen LogP contribution in [-0.4, -0.2) is 88.7 Å². The van der Waals surface area contributed by atoms with E-state index in [2.05, 4.69) is 21.3 Å². The Morgan fingerprint density at radius 3 is 1.56 bits per heavy atom. The topological polar surface area (TPSA) is 285 Å². The molecule has 2 saturated heterocycles. The molecule has 2 aliphatic heterocycles. The molecular formula is C43H42N6O12S2. The Bertz CT molecular complexity index is 2360. The summed E-state index contributed by atoms with van der Waals surface area (Å²) >= 11 is 1.85. The van der Waals surface area contributed by atoms with Crippen molar-refractivity contribution in [1.82, 2.24) is 21.3 Å². The monoisotopic (exact) mass is 898 g/mol. The molecule has 2 fully saturated rings. The number of hydrogen-bond donors (Lipinski definition) is 7. The maximum absolute atomic E-state index is 11.9. The number of carbonyl (C=O) groups is 8. The number of nitrogens with one attached hydrogen (secondary N) is 4. The molecule has 63 heavy (non-hydrogen) atoms. The molecule has 6 amide bonds. The summed E-state index contributed by atoms with van der Waals surface area (Å²) in [5.74, 6) is -1.03. The molecule has 0 radical (unpaired) electrons. The van der Waals surface area contributed by atoms with Crippen LogP contribution in [0.4, 0.5) is 9.59 Å². The lowest BCUT2D eigenvalue weighted by atomic mass is 10.1. The smallest absolute Gasteiger partial charge is 0.328 e. The molecule has 9 N–H and O–H groups in total. The van der Waals surface area contributed by atoms with Crippen LogP contribution in [0.3, 0.4) is 0 Å². The van der Waals surface area contributed by atoms with Crippen molar-refractivity contribution in [3.05, 3.63) is 124 Å². The van der Waals surface area contributed by atoms with Gasteiger partial charge in [0.15, 0.2) is 0 Å². The van der Waals surface area contributed by atoms with E-state index in [1.54, 1.807) is 91.0 Å². The third-order valence-electron chi connectivity index (χ3n) is 8.95. The van der Waals surface area contributed by atoms with Crippen LogP contribution >= 0.6 is 23.5 Å². The highest BCUT2D eigenvalue weighted by atomic mass is 32.2. The number of imide groups is 2. The van der Waals surface area contributed by atoms with Gasteiger partial charge >= 0.3 is 11.9 Å². The summed E-state index contributed by atoms with van der Waals surface area (Å²) in [5.41, 5.74) is 13.7. The van der Waals surface area contributed by atoms with Crippen LogP contribution in [0, 0.1) is 0 Å². The summed E-state index contributed by atoms with van der Waals surface area (Å²) < 4.78 is 16.3. The fourth-order valence-electron chi connectivity index (χ4n) is 5.81. The van der Waals surface area contributed by atoms with Crippen molar-refractivity contribution in [1.29, 1.82) is 0 Å². The lowest BCUT2D eigenvalue weighted by Crippen LogP contribution is -2.45. The number of thioether (sulfide) groups is 2. The summed E-state index contributed by atoms with van der Waals surface area (Å²) in [4.78, 5) is 92.2. The molecule has 0 aliphatic carbocycles. The molecule has 6 rings (SSSR count). The number of carbonyl (C=O) groups excluding carboxylic acids is 7. The van der Waals surface area contributed by atoms with Crippen LogP contribution in [0.25, 0.3) is 6.08 Å². The average Bonchev–Trinajstić information content (AvgIpc) is 3.77. The first-order valence-corrected chi connectivity index (χ1v) is 20.7. The summed E-state index contributed by atoms with van der Waals surface area (Å²) in [7, 11) is 1.26. The highest BCUT2D eigenvalue weighted by Gasteiger charge is 2.31. The molecule has 2 heterocycles. The predicted molar refractivity (Wildman–Crippen MR) is 233 cm³/mol. The van der Waals surface area contributed by atoms with Crippen molar-refractivity contribution in [3.63, 3.8) is 0 Å². The largest absolute Gasteiger partial charge is 0.480 e. The van der Waals surface area contributed by atoms with Crippen molar-refractivity contribution in [2.24, 2.45) is 11.5 Å². The lowest BCUT2D eigenvalue weighted by Gasteiger charge is -2.16. The Kier molecular flexibility index (Phi) is 17.0. The van der Waals surface area contributed by atoms with Crippen molar-refractivity contribution in [2.75, 3.05) is 20.2 Å². The standard InChI is InChI=1S/C22H23N3O6S.C21H19N3O6S/c1-30-21(28)17(24-19(26)12-23)10-13-2-6-15(7-3-13)31-16-8-4-14(5-9-16)11-18-20(27)25-22(29)32-18;22-11-18(25)23-16(20(27)28)9-12-1-5-14(6-2-12)30-15-7-3-13(4-8-15)10-17-19(26)24-21(29)31-17/h2-9,17-18H,10-12,23H2,1H3,(H,24,26)(H,25,27,29);1-8,10,16H,9,11,22H2,(H,23,25)(H,27,28)(H,24,26,29). The molecule has 0 aromatic heterocycles. The maximum atomic E-state index is 11.9. The van der Waals surface area contributed by atoms with Crippen LogP contribution in [0.2, 0.25) is 0 Å². The van der Waals surface area contributed by atoms with Crippen molar-refractivity contribution in [3.8, 4) is 23.0 Å². The van der Waals surface area contributed by atoms with Crippen molar-refractivity contribution < 1.29 is 57.7 Å². The highest BCUT2D eigenvalue weighted by Crippen LogP contribution is 2.29. The van der Waals surface area contributed by atoms with Crippen LogP contribution in [0.15, 0.2) is 102 Å². The van der Waals surface area contributed by atoms with E-state index in [4.69, 9.17) is 25.7 Å². The third-order valence-corrected chi connectivity index (χ3v) is 10.7.